The first-order chi connectivity index (χ1) is 13.4. The molecule has 0 aromatic carbocycles. The molecule has 2 rings (SSSR count). The zero-order valence-corrected chi connectivity index (χ0v) is 14.2. The number of nitrogens with one attached hydrogen (secondary N) is 1. The Kier molecular flexibility index (Phi) is 7.24. The molecule has 30 heavy (non-hydrogen) atoms. The highest BCUT2D eigenvalue weighted by molar-refractivity contribution is 6.29. The average Bonchev–Trinajstić information content (AvgIpc) is 2.94. The first-order valence-corrected chi connectivity index (χ1v) is 7.09. The fourth-order valence-corrected chi connectivity index (χ4v) is 1.45. The topological polar surface area (TPSA) is 103 Å². The first-order valence-electron chi connectivity index (χ1n) is 6.71. The Morgan fingerprint density at radius 3 is 1.83 bits per heavy atom. The number of aromatic nitrogens is 3. The highest BCUT2D eigenvalue weighted by Gasteiger charge is 2.49. The number of nitrogens with zero attached hydrogens (tertiary/aromatic N) is 3. The SMILES string of the molecule is O=C(Nc1cn2nc(Cl)ccc2n1)C(F)(F)F.O=C(OC(=O)C(F)(F)F)C(F)(F)F. The standard InChI is InChI=1S/C8H4ClF3N4O.C4F6O3/c9-4-1-2-6-13-5(3-16(6)15-4)14-7(17)8(10,11)12;5-3(6,7)1(11)13-2(12)4(8,9)10/h1-3H,(H,14,17);. The van der Waals surface area contributed by atoms with Crippen molar-refractivity contribution < 1.29 is 58.6 Å². The summed E-state index contributed by atoms with van der Waals surface area (Å²) in [4.78, 5) is 33.7. The lowest BCUT2D eigenvalue weighted by Crippen LogP contribution is -2.34. The third-order valence-corrected chi connectivity index (χ3v) is 2.64. The Morgan fingerprint density at radius 1 is 0.900 bits per heavy atom. The minimum Gasteiger partial charge on any atom is -0.380 e. The summed E-state index contributed by atoms with van der Waals surface area (Å²) in [5.41, 5.74) is 0.270. The second-order valence-electron chi connectivity index (χ2n) is 4.71. The van der Waals surface area contributed by atoms with Crippen LogP contribution in [0, 0.1) is 0 Å². The van der Waals surface area contributed by atoms with Gasteiger partial charge in [-0.1, -0.05) is 11.6 Å². The van der Waals surface area contributed by atoms with Crippen molar-refractivity contribution in [2.75, 3.05) is 5.32 Å². The summed E-state index contributed by atoms with van der Waals surface area (Å²) >= 11 is 5.58. The van der Waals surface area contributed by atoms with E-state index in [0.29, 0.717) is 0 Å². The lowest BCUT2D eigenvalue weighted by Gasteiger charge is -2.06. The Balaban J connectivity index is 0.000000314. The molecule has 18 heteroatoms. The molecule has 0 saturated heterocycles. The number of amides is 1. The summed E-state index contributed by atoms with van der Waals surface area (Å²) in [7, 11) is 0. The molecule has 2 aromatic heterocycles. The lowest BCUT2D eigenvalue weighted by atomic mass is 10.5. The lowest BCUT2D eigenvalue weighted by molar-refractivity contribution is -0.221. The third-order valence-electron chi connectivity index (χ3n) is 2.43. The minimum atomic E-state index is -5.62. The number of hydrogen-bond donors (Lipinski definition) is 1. The van der Waals surface area contributed by atoms with E-state index in [9.17, 15) is 53.9 Å². The number of alkyl halides is 9. The molecule has 0 atom stereocenters. The van der Waals surface area contributed by atoms with Gasteiger partial charge in [0.15, 0.2) is 11.5 Å². The quantitative estimate of drug-likeness (QED) is 0.387. The van der Waals surface area contributed by atoms with E-state index in [1.165, 1.54) is 12.1 Å². The van der Waals surface area contributed by atoms with Crippen molar-refractivity contribution in [3.05, 3.63) is 23.5 Å². The van der Waals surface area contributed by atoms with Crippen molar-refractivity contribution in [3.8, 4) is 0 Å². The van der Waals surface area contributed by atoms with E-state index in [1.807, 2.05) is 0 Å². The number of imidazole rings is 1. The summed E-state index contributed by atoms with van der Waals surface area (Å²) in [6.45, 7) is 0. The van der Waals surface area contributed by atoms with Gasteiger partial charge in [0, 0.05) is 0 Å². The summed E-state index contributed by atoms with van der Waals surface area (Å²) in [6.07, 6.45) is -15.1. The fourth-order valence-electron chi connectivity index (χ4n) is 1.31. The summed E-state index contributed by atoms with van der Waals surface area (Å²) in [6, 6.07) is 2.89. The molecule has 8 nitrogen and oxygen atoms in total. The van der Waals surface area contributed by atoms with Crippen LogP contribution in [0.2, 0.25) is 5.15 Å². The molecule has 0 spiro atoms. The number of esters is 2. The number of hydrogen-bond acceptors (Lipinski definition) is 6. The van der Waals surface area contributed by atoms with Crippen LogP contribution in [0.5, 0.6) is 0 Å². The predicted octanol–water partition coefficient (Wildman–Crippen LogP) is 3.06. The normalized spacial score (nSPS) is 12.1. The molecule has 0 aliphatic carbocycles. The number of ether oxygens (including phenoxy) is 1. The summed E-state index contributed by atoms with van der Waals surface area (Å²) in [5.74, 6) is -8.74. The molecule has 0 saturated carbocycles. The molecule has 0 aliphatic heterocycles. The maximum Gasteiger partial charge on any atom is 0.491 e. The first kappa shape index (κ1) is 24.9. The number of carbonyl (C=O) groups is 3. The van der Waals surface area contributed by atoms with Crippen LogP contribution in [0.1, 0.15) is 0 Å². The number of rotatable bonds is 1. The molecule has 1 amide bonds. The zero-order valence-electron chi connectivity index (χ0n) is 13.5. The van der Waals surface area contributed by atoms with E-state index in [2.05, 4.69) is 14.8 Å². The van der Waals surface area contributed by atoms with Crippen molar-refractivity contribution in [1.82, 2.24) is 14.6 Å². The predicted molar refractivity (Wildman–Crippen MR) is 75.9 cm³/mol. The molecule has 0 fully saturated rings. The maximum absolute atomic E-state index is 12.0. The van der Waals surface area contributed by atoms with E-state index in [1.54, 1.807) is 5.32 Å². The van der Waals surface area contributed by atoms with E-state index < -0.39 is 36.4 Å². The van der Waals surface area contributed by atoms with Gasteiger partial charge in [0.1, 0.15) is 5.15 Å². The number of carbonyl (C=O) groups excluding carboxylic acids is 3. The van der Waals surface area contributed by atoms with Crippen LogP contribution in [0.3, 0.4) is 0 Å². The molecule has 166 valence electrons. The van der Waals surface area contributed by atoms with Crippen LogP contribution in [-0.2, 0) is 19.1 Å². The molecule has 0 radical (unpaired) electrons. The van der Waals surface area contributed by atoms with Crippen LogP contribution >= 0.6 is 11.6 Å². The Labute approximate surface area is 162 Å². The van der Waals surface area contributed by atoms with Crippen molar-refractivity contribution in [3.63, 3.8) is 0 Å². The van der Waals surface area contributed by atoms with Gasteiger partial charge in [-0.05, 0) is 12.1 Å². The third kappa shape index (κ3) is 7.37. The largest absolute Gasteiger partial charge is 0.491 e. The average molecular weight is 475 g/mol. The van der Waals surface area contributed by atoms with Crippen LogP contribution in [0.25, 0.3) is 5.65 Å². The van der Waals surface area contributed by atoms with Gasteiger partial charge in [0.25, 0.3) is 0 Å². The van der Waals surface area contributed by atoms with E-state index in [4.69, 9.17) is 11.6 Å². The van der Waals surface area contributed by atoms with Gasteiger partial charge in [0.2, 0.25) is 0 Å². The zero-order chi connectivity index (χ0) is 23.5. The highest BCUT2D eigenvalue weighted by Crippen LogP contribution is 2.21. The van der Waals surface area contributed by atoms with Crippen LogP contribution in [-0.4, -0.2) is 51.0 Å². The van der Waals surface area contributed by atoms with Crippen molar-refractivity contribution >= 4 is 40.9 Å². The van der Waals surface area contributed by atoms with Crippen LogP contribution in [0.4, 0.5) is 45.3 Å². The molecule has 0 aliphatic rings. The molecule has 2 heterocycles. The van der Waals surface area contributed by atoms with Gasteiger partial charge in [-0.3, -0.25) is 4.79 Å². The van der Waals surface area contributed by atoms with Gasteiger partial charge in [0.05, 0.1) is 6.20 Å². The van der Waals surface area contributed by atoms with Crippen molar-refractivity contribution in [2.45, 2.75) is 18.5 Å². The van der Waals surface area contributed by atoms with Crippen LogP contribution < -0.4 is 5.32 Å². The van der Waals surface area contributed by atoms with E-state index >= 15 is 0 Å². The summed E-state index contributed by atoms with van der Waals surface area (Å²) < 4.78 is 107. The second kappa shape index (κ2) is 8.72. The van der Waals surface area contributed by atoms with Crippen molar-refractivity contribution in [2.24, 2.45) is 0 Å². The molecule has 1 N–H and O–H groups in total. The number of fused-ring (bicyclic) bond motifs is 1. The van der Waals surface area contributed by atoms with Gasteiger partial charge in [-0.25, -0.2) is 19.1 Å². The van der Waals surface area contributed by atoms with E-state index in [-0.39, 0.29) is 16.6 Å². The van der Waals surface area contributed by atoms with Gasteiger partial charge >= 0.3 is 36.4 Å². The Hall–Kier alpha value is -3.11. The fraction of sp³-hybridized carbons (Fsp3) is 0.250. The smallest absolute Gasteiger partial charge is 0.380 e. The highest BCUT2D eigenvalue weighted by atomic mass is 35.5. The summed E-state index contributed by atoms with van der Waals surface area (Å²) in [5, 5.41) is 5.52. The minimum absolute atomic E-state index is 0.156. The molecule has 0 unspecified atom stereocenters. The Bertz CT molecular complexity index is 928. The van der Waals surface area contributed by atoms with Gasteiger partial charge in [-0.15, -0.1) is 0 Å². The van der Waals surface area contributed by atoms with E-state index in [0.717, 1.165) is 10.7 Å². The molecular formula is C12H4ClF9N4O4. The maximum atomic E-state index is 12.0. The Morgan fingerprint density at radius 2 is 1.40 bits per heavy atom. The monoisotopic (exact) mass is 474 g/mol. The molecule has 2 aromatic rings. The molecular weight excluding hydrogens is 471 g/mol. The second-order valence-corrected chi connectivity index (χ2v) is 5.10. The van der Waals surface area contributed by atoms with Gasteiger partial charge in [-0.2, -0.15) is 44.6 Å². The van der Waals surface area contributed by atoms with Gasteiger partial charge < -0.3 is 10.1 Å². The molecule has 0 bridgehead atoms. The van der Waals surface area contributed by atoms with Crippen LogP contribution in [0.15, 0.2) is 18.3 Å². The number of halogens is 10. The van der Waals surface area contributed by atoms with Crippen molar-refractivity contribution in [1.29, 1.82) is 0 Å². The number of anilines is 1.